The van der Waals surface area contributed by atoms with E-state index < -0.39 is 5.91 Å². The largest absolute Gasteiger partial charge is 0.379 e. The number of halogens is 2. The highest BCUT2D eigenvalue weighted by molar-refractivity contribution is 6.40. The lowest BCUT2D eigenvalue weighted by Gasteiger charge is -2.26. The maximum absolute atomic E-state index is 13.4. The highest BCUT2D eigenvalue weighted by Gasteiger charge is 2.30. The Morgan fingerprint density at radius 3 is 2.50 bits per heavy atom. The van der Waals surface area contributed by atoms with Crippen molar-refractivity contribution in [1.82, 2.24) is 19.8 Å². The van der Waals surface area contributed by atoms with Gasteiger partial charge in [0, 0.05) is 55.4 Å². The number of aromatic nitrogens is 2. The van der Waals surface area contributed by atoms with Gasteiger partial charge in [-0.1, -0.05) is 23.2 Å². The van der Waals surface area contributed by atoms with Gasteiger partial charge in [-0.3, -0.25) is 23.9 Å². The fourth-order valence-corrected chi connectivity index (χ4v) is 4.84. The molecule has 2 aliphatic rings. The zero-order valence-corrected chi connectivity index (χ0v) is 20.9. The van der Waals surface area contributed by atoms with Gasteiger partial charge in [-0.15, -0.1) is 0 Å². The van der Waals surface area contributed by atoms with E-state index in [2.05, 4.69) is 20.5 Å². The Kier molecular flexibility index (Phi) is 7.25. The quantitative estimate of drug-likeness (QED) is 0.485. The van der Waals surface area contributed by atoms with Crippen LogP contribution in [0, 0.1) is 5.92 Å². The minimum atomic E-state index is -0.454. The van der Waals surface area contributed by atoms with Crippen LogP contribution in [0.2, 0.25) is 10.0 Å². The van der Waals surface area contributed by atoms with Crippen LogP contribution < -0.4 is 10.6 Å². The summed E-state index contributed by atoms with van der Waals surface area (Å²) in [6, 6.07) is 6.28. The van der Waals surface area contributed by atoms with Crippen molar-refractivity contribution < 1.29 is 19.1 Å². The third-order valence-corrected chi connectivity index (χ3v) is 6.96. The molecule has 2 N–H and O–H groups in total. The van der Waals surface area contributed by atoms with Crippen molar-refractivity contribution in [3.05, 3.63) is 57.8 Å². The Hall–Kier alpha value is -2.98. The number of nitrogens with one attached hydrogen (secondary N) is 2. The van der Waals surface area contributed by atoms with Gasteiger partial charge in [0.05, 0.1) is 34.3 Å². The first-order valence-corrected chi connectivity index (χ1v) is 12.6. The summed E-state index contributed by atoms with van der Waals surface area (Å²) >= 11 is 12.9. The van der Waals surface area contributed by atoms with Crippen LogP contribution in [0.1, 0.15) is 33.6 Å². The third-order valence-electron chi connectivity index (χ3n) is 6.36. The molecule has 188 valence electrons. The van der Waals surface area contributed by atoms with E-state index in [1.165, 1.54) is 22.9 Å². The minimum Gasteiger partial charge on any atom is -0.379 e. The van der Waals surface area contributed by atoms with Gasteiger partial charge in [0.1, 0.15) is 5.82 Å². The summed E-state index contributed by atoms with van der Waals surface area (Å²) in [5.41, 5.74) is 0.911. The second-order valence-corrected chi connectivity index (χ2v) is 9.69. The van der Waals surface area contributed by atoms with Crippen LogP contribution >= 0.6 is 23.2 Å². The fourth-order valence-electron chi connectivity index (χ4n) is 4.19. The summed E-state index contributed by atoms with van der Waals surface area (Å²) in [5, 5.41) is 6.48. The summed E-state index contributed by atoms with van der Waals surface area (Å²) in [4.78, 5) is 44.7. The Morgan fingerprint density at radius 1 is 1.08 bits per heavy atom. The Bertz CT molecular complexity index is 1310. The molecule has 0 spiro atoms. The summed E-state index contributed by atoms with van der Waals surface area (Å²) in [6.07, 6.45) is 4.86. The molecule has 1 aliphatic heterocycles. The van der Waals surface area contributed by atoms with Gasteiger partial charge in [-0.2, -0.15) is 0 Å². The van der Waals surface area contributed by atoms with E-state index in [1.807, 2.05) is 0 Å². The topological polar surface area (TPSA) is 106 Å². The lowest BCUT2D eigenvalue weighted by molar-refractivity contribution is -0.117. The van der Waals surface area contributed by atoms with Gasteiger partial charge in [0.2, 0.25) is 5.91 Å². The van der Waals surface area contributed by atoms with Crippen LogP contribution in [0.15, 0.2) is 36.7 Å². The van der Waals surface area contributed by atoms with E-state index in [0.29, 0.717) is 43.0 Å². The van der Waals surface area contributed by atoms with Gasteiger partial charge in [0.25, 0.3) is 11.8 Å². The van der Waals surface area contributed by atoms with Crippen molar-refractivity contribution >= 4 is 57.6 Å². The average Bonchev–Trinajstić information content (AvgIpc) is 3.63. The van der Waals surface area contributed by atoms with Crippen molar-refractivity contribution in [3.63, 3.8) is 0 Å². The monoisotopic (exact) mass is 529 g/mol. The normalized spacial score (nSPS) is 16.2. The van der Waals surface area contributed by atoms with Crippen LogP contribution in [-0.2, 0) is 9.53 Å². The Balaban J connectivity index is 1.32. The first kappa shape index (κ1) is 24.7. The molecule has 0 unspecified atom stereocenters. The molecule has 2 aromatic heterocycles. The summed E-state index contributed by atoms with van der Waals surface area (Å²) in [7, 11) is 0. The fraction of sp³-hybridized carbons (Fsp3) is 0.360. The van der Waals surface area contributed by atoms with E-state index in [0.717, 1.165) is 25.9 Å². The minimum absolute atomic E-state index is 0.0264. The molecule has 1 saturated heterocycles. The number of benzene rings is 1. The van der Waals surface area contributed by atoms with E-state index >= 15 is 0 Å². The number of amides is 2. The molecule has 3 aromatic rings. The van der Waals surface area contributed by atoms with Crippen LogP contribution in [0.4, 0.5) is 5.82 Å². The smallest absolute Gasteiger partial charge is 0.265 e. The SMILES string of the molecule is O=C(NCCN1CCOCC1)c1cc(Cl)c(C(=O)n2ccc3c(NC(=O)C4CC4)nccc32)c(Cl)c1. The molecule has 1 aliphatic carbocycles. The summed E-state index contributed by atoms with van der Waals surface area (Å²) in [6.45, 7) is 4.24. The van der Waals surface area contributed by atoms with E-state index in [9.17, 15) is 14.4 Å². The average molecular weight is 530 g/mol. The molecule has 1 aromatic carbocycles. The molecule has 2 fully saturated rings. The number of rotatable bonds is 7. The predicted octanol–water partition coefficient (Wildman–Crippen LogP) is 3.44. The molecule has 11 heteroatoms. The van der Waals surface area contributed by atoms with Gasteiger partial charge in [-0.05, 0) is 37.1 Å². The van der Waals surface area contributed by atoms with Crippen molar-refractivity contribution in [2.45, 2.75) is 12.8 Å². The van der Waals surface area contributed by atoms with Crippen LogP contribution in [0.3, 0.4) is 0 Å². The first-order valence-electron chi connectivity index (χ1n) is 11.8. The lowest BCUT2D eigenvalue weighted by atomic mass is 10.1. The zero-order valence-electron chi connectivity index (χ0n) is 19.4. The Morgan fingerprint density at radius 2 is 1.81 bits per heavy atom. The highest BCUT2D eigenvalue weighted by atomic mass is 35.5. The molecule has 9 nitrogen and oxygen atoms in total. The molecule has 0 atom stereocenters. The van der Waals surface area contributed by atoms with E-state index in [4.69, 9.17) is 27.9 Å². The molecular formula is C25H25Cl2N5O4. The van der Waals surface area contributed by atoms with Crippen molar-refractivity contribution in [2.75, 3.05) is 44.7 Å². The van der Waals surface area contributed by atoms with Gasteiger partial charge >= 0.3 is 0 Å². The van der Waals surface area contributed by atoms with E-state index in [-0.39, 0.29) is 38.9 Å². The van der Waals surface area contributed by atoms with Crippen LogP contribution in [-0.4, -0.2) is 71.6 Å². The number of pyridine rings is 1. The number of hydrogen-bond donors (Lipinski definition) is 2. The molecule has 36 heavy (non-hydrogen) atoms. The van der Waals surface area contributed by atoms with Crippen molar-refractivity contribution in [3.8, 4) is 0 Å². The number of anilines is 1. The number of hydrogen-bond acceptors (Lipinski definition) is 6. The van der Waals surface area contributed by atoms with Crippen molar-refractivity contribution in [1.29, 1.82) is 0 Å². The lowest BCUT2D eigenvalue weighted by Crippen LogP contribution is -2.41. The molecule has 0 bridgehead atoms. The van der Waals surface area contributed by atoms with E-state index in [1.54, 1.807) is 18.3 Å². The van der Waals surface area contributed by atoms with Gasteiger partial charge in [-0.25, -0.2) is 4.98 Å². The summed E-state index contributed by atoms with van der Waals surface area (Å²) in [5.74, 6) is -0.417. The highest BCUT2D eigenvalue weighted by Crippen LogP contribution is 2.32. The zero-order chi connectivity index (χ0) is 25.2. The molecule has 1 saturated carbocycles. The van der Waals surface area contributed by atoms with Crippen LogP contribution in [0.5, 0.6) is 0 Å². The van der Waals surface area contributed by atoms with Crippen molar-refractivity contribution in [2.24, 2.45) is 5.92 Å². The molecule has 3 heterocycles. The van der Waals surface area contributed by atoms with Gasteiger partial charge in [0.15, 0.2) is 0 Å². The number of ether oxygens (including phenoxy) is 1. The number of fused-ring (bicyclic) bond motifs is 1. The predicted molar refractivity (Wildman–Crippen MR) is 137 cm³/mol. The third kappa shape index (κ3) is 5.24. The molecular weight excluding hydrogens is 505 g/mol. The molecule has 0 radical (unpaired) electrons. The number of carbonyl (C=O) groups is 3. The first-order chi connectivity index (χ1) is 17.4. The molecule has 2 amide bonds. The Labute approximate surface area is 217 Å². The van der Waals surface area contributed by atoms with Crippen LogP contribution in [0.25, 0.3) is 10.9 Å². The van der Waals surface area contributed by atoms with Gasteiger partial charge < -0.3 is 15.4 Å². The summed E-state index contributed by atoms with van der Waals surface area (Å²) < 4.78 is 6.73. The number of morpholine rings is 1. The maximum atomic E-state index is 13.4. The standard InChI is InChI=1S/C25H25Cl2N5O4/c26-18-13-16(23(33)29-6-8-31-9-11-36-12-10-31)14-19(27)21(18)25(35)32-7-4-17-20(32)3-5-28-22(17)30-24(34)15-1-2-15/h3-5,7,13-15H,1-2,6,8-12H2,(H,29,33)(H,28,30,34). The number of nitrogens with zero attached hydrogens (tertiary/aromatic N) is 3. The second-order valence-electron chi connectivity index (χ2n) is 8.87. The maximum Gasteiger partial charge on any atom is 0.265 e. The second kappa shape index (κ2) is 10.6. The number of carbonyl (C=O) groups excluding carboxylic acids is 3. The molecule has 5 rings (SSSR count).